The number of amides is 3. The highest BCUT2D eigenvalue weighted by molar-refractivity contribution is 5.99. The van der Waals surface area contributed by atoms with E-state index in [0.29, 0.717) is 36.4 Å². The maximum atomic E-state index is 13.4. The first-order valence-corrected chi connectivity index (χ1v) is 14.0. The zero-order valence-electron chi connectivity index (χ0n) is 24.1. The molecule has 0 unspecified atom stereocenters. The third-order valence-electron chi connectivity index (χ3n) is 6.99. The van der Waals surface area contributed by atoms with Gasteiger partial charge in [-0.1, -0.05) is 30.3 Å². The Bertz CT molecular complexity index is 1400. The average Bonchev–Trinajstić information content (AvgIpc) is 2.96. The van der Waals surface area contributed by atoms with E-state index in [1.807, 2.05) is 18.2 Å². The minimum Gasteiger partial charge on any atom is -0.343 e. The summed E-state index contributed by atoms with van der Waals surface area (Å²) in [7, 11) is 0. The van der Waals surface area contributed by atoms with E-state index in [0.717, 1.165) is 17.5 Å². The highest BCUT2D eigenvalue weighted by Crippen LogP contribution is 2.29. The molecule has 0 radical (unpaired) electrons. The van der Waals surface area contributed by atoms with E-state index < -0.39 is 48.0 Å². The van der Waals surface area contributed by atoms with Crippen LogP contribution in [0.1, 0.15) is 17.5 Å². The quantitative estimate of drug-likeness (QED) is 0.0934. The molecule has 3 rings (SSSR count). The van der Waals surface area contributed by atoms with Crippen molar-refractivity contribution >= 4 is 34.3 Å². The Morgan fingerprint density at radius 3 is 2.09 bits per heavy atom. The van der Waals surface area contributed by atoms with Gasteiger partial charge in [0.1, 0.15) is 25.7 Å². The van der Waals surface area contributed by atoms with Crippen molar-refractivity contribution in [3.63, 3.8) is 0 Å². The predicted octanol–water partition coefficient (Wildman–Crippen LogP) is 0.361. The molecule has 1 aromatic heterocycles. The van der Waals surface area contributed by atoms with Crippen molar-refractivity contribution in [3.05, 3.63) is 71.9 Å². The minimum absolute atomic E-state index is 0.0232. The van der Waals surface area contributed by atoms with Gasteiger partial charge in [0.25, 0.3) is 5.91 Å². The van der Waals surface area contributed by atoms with Gasteiger partial charge in [0.2, 0.25) is 11.8 Å². The summed E-state index contributed by atoms with van der Waals surface area (Å²) in [6.45, 7) is 1.84. The van der Waals surface area contributed by atoms with E-state index in [1.54, 1.807) is 12.1 Å². The summed E-state index contributed by atoms with van der Waals surface area (Å²) in [6, 6.07) is 10.6. The fourth-order valence-corrected chi connectivity index (χ4v) is 4.77. The summed E-state index contributed by atoms with van der Waals surface area (Å²) in [5, 5.41) is 6.00. The second-order valence-corrected chi connectivity index (χ2v) is 10.4. The van der Waals surface area contributed by atoms with Crippen LogP contribution in [0.15, 0.2) is 60.8 Å². The number of benzene rings is 2. The molecule has 3 amide bonds. The lowest BCUT2D eigenvalue weighted by Crippen LogP contribution is -2.65. The number of nitrogens with two attached hydrogens (primary N) is 4. The summed E-state index contributed by atoms with van der Waals surface area (Å²) in [4.78, 5) is 43.7. The van der Waals surface area contributed by atoms with Crippen molar-refractivity contribution in [3.8, 4) is 0 Å². The topological polar surface area (TPSA) is 204 Å². The van der Waals surface area contributed by atoms with Crippen molar-refractivity contribution in [1.82, 2.24) is 15.7 Å². The number of halogens is 3. The van der Waals surface area contributed by atoms with Gasteiger partial charge in [-0.3, -0.25) is 19.4 Å². The Kier molecular flexibility index (Phi) is 12.1. The molecule has 0 saturated carbocycles. The van der Waals surface area contributed by atoms with E-state index >= 15 is 0 Å². The number of hydrogen-bond acceptors (Lipinski definition) is 8. The first kappa shape index (κ1) is 34.3. The molecule has 44 heavy (non-hydrogen) atoms. The standard InChI is InChI=1S/C29H38F3N9O3/c30-29(31,32)21-7-5-19(6-8-21)15-25(28(44)38-22-16-20-3-1-2-4-24(20)37-18-22)39-27(43)23(36)17-26(42)40-41(12-9-33,13-10-34)14-11-35/h1-8,16,18,23,25H,9-15,17,33-36H2,(H2-,38,39,40,42,43,44)/p+1/t23-,25-/m0/s1. The van der Waals surface area contributed by atoms with Crippen LogP contribution in [0.3, 0.4) is 0 Å². The molecule has 0 saturated heterocycles. The summed E-state index contributed by atoms with van der Waals surface area (Å²) >= 11 is 0. The van der Waals surface area contributed by atoms with E-state index in [9.17, 15) is 27.6 Å². The monoisotopic (exact) mass is 618 g/mol. The smallest absolute Gasteiger partial charge is 0.343 e. The van der Waals surface area contributed by atoms with Crippen molar-refractivity contribution in [1.29, 1.82) is 0 Å². The van der Waals surface area contributed by atoms with Gasteiger partial charge in [-0.25, -0.2) is 10.0 Å². The lowest BCUT2D eigenvalue weighted by Gasteiger charge is -2.37. The Morgan fingerprint density at radius 1 is 0.886 bits per heavy atom. The van der Waals surface area contributed by atoms with E-state index in [1.165, 1.54) is 18.3 Å². The summed E-state index contributed by atoms with van der Waals surface area (Å²) in [5.74, 6) is -2.01. The number of hydrogen-bond donors (Lipinski definition) is 7. The average molecular weight is 619 g/mol. The number of para-hydroxylation sites is 1. The predicted molar refractivity (Wildman–Crippen MR) is 160 cm³/mol. The normalized spacial score (nSPS) is 13.2. The van der Waals surface area contributed by atoms with Crippen LogP contribution in [0, 0.1) is 0 Å². The van der Waals surface area contributed by atoms with Crippen LogP contribution in [0.5, 0.6) is 0 Å². The molecule has 12 nitrogen and oxygen atoms in total. The highest BCUT2D eigenvalue weighted by Gasteiger charge is 2.32. The maximum absolute atomic E-state index is 13.4. The lowest BCUT2D eigenvalue weighted by atomic mass is 10.0. The Hall–Kier alpha value is -4.15. The Balaban J connectivity index is 1.76. The number of anilines is 1. The lowest BCUT2D eigenvalue weighted by molar-refractivity contribution is -0.957. The van der Waals surface area contributed by atoms with Crippen molar-refractivity contribution < 1.29 is 32.1 Å². The van der Waals surface area contributed by atoms with Gasteiger partial charge in [0.05, 0.1) is 35.4 Å². The van der Waals surface area contributed by atoms with Crippen molar-refractivity contribution in [2.45, 2.75) is 31.1 Å². The number of nitrogens with one attached hydrogen (secondary N) is 3. The molecule has 2 aromatic carbocycles. The molecule has 11 N–H and O–H groups in total. The largest absolute Gasteiger partial charge is 0.416 e. The summed E-state index contributed by atoms with van der Waals surface area (Å²) in [6.07, 6.45) is -3.66. The zero-order valence-corrected chi connectivity index (χ0v) is 24.1. The van der Waals surface area contributed by atoms with Gasteiger partial charge in [0, 0.05) is 31.4 Å². The Labute approximate surface area is 252 Å². The van der Waals surface area contributed by atoms with E-state index in [4.69, 9.17) is 22.9 Å². The van der Waals surface area contributed by atoms with Crippen LogP contribution >= 0.6 is 0 Å². The second-order valence-electron chi connectivity index (χ2n) is 10.4. The van der Waals surface area contributed by atoms with E-state index in [2.05, 4.69) is 21.0 Å². The number of rotatable bonds is 15. The number of carbonyl (C=O) groups is 3. The van der Waals surface area contributed by atoms with Gasteiger partial charge in [-0.05, 0) is 29.8 Å². The number of aromatic nitrogens is 1. The number of fused-ring (bicyclic) bond motifs is 1. The first-order valence-electron chi connectivity index (χ1n) is 14.0. The highest BCUT2D eigenvalue weighted by atomic mass is 19.4. The van der Waals surface area contributed by atoms with Gasteiger partial charge in [-0.15, -0.1) is 0 Å². The van der Waals surface area contributed by atoms with E-state index in [-0.39, 0.29) is 30.6 Å². The molecular weight excluding hydrogens is 579 g/mol. The second kappa shape index (κ2) is 15.5. The molecule has 0 aliphatic rings. The minimum atomic E-state index is -4.53. The van der Waals surface area contributed by atoms with Crippen molar-refractivity contribution in [2.75, 3.05) is 44.6 Å². The molecule has 0 fully saturated rings. The maximum Gasteiger partial charge on any atom is 0.416 e. The number of alkyl halides is 3. The molecule has 15 heteroatoms. The number of pyridine rings is 1. The summed E-state index contributed by atoms with van der Waals surface area (Å²) in [5.41, 5.74) is 26.6. The third-order valence-corrected chi connectivity index (χ3v) is 6.99. The zero-order chi connectivity index (χ0) is 32.3. The molecule has 2 atom stereocenters. The number of nitrogens with zero attached hydrogens (tertiary/aromatic N) is 2. The molecule has 0 bridgehead atoms. The molecule has 0 spiro atoms. The molecule has 3 aromatic rings. The SMILES string of the molecule is NCC[N+](CCN)(CCN)NC(=O)C[C@H](N)C(=O)N[C@@H](Cc1ccc(C(F)(F)F)cc1)C(=O)Nc1cnc2ccccc2c1. The Morgan fingerprint density at radius 2 is 1.50 bits per heavy atom. The third kappa shape index (κ3) is 9.68. The molecule has 0 aliphatic heterocycles. The number of carbonyl (C=O) groups excluding carboxylic acids is 3. The van der Waals surface area contributed by atoms with Gasteiger partial charge in [-0.2, -0.15) is 13.2 Å². The van der Waals surface area contributed by atoms with Crippen LogP contribution in [0.25, 0.3) is 10.9 Å². The molecule has 1 heterocycles. The van der Waals surface area contributed by atoms with Crippen LogP contribution < -0.4 is 39.0 Å². The molecule has 238 valence electrons. The van der Waals surface area contributed by atoms with Gasteiger partial charge < -0.3 is 33.6 Å². The van der Waals surface area contributed by atoms with Gasteiger partial charge in [0.15, 0.2) is 0 Å². The molecular formula is C29H39F3N9O3+. The van der Waals surface area contributed by atoms with Crippen molar-refractivity contribution in [2.24, 2.45) is 22.9 Å². The van der Waals surface area contributed by atoms with Crippen LogP contribution in [-0.4, -0.2) is 78.6 Å². The fourth-order valence-electron chi connectivity index (χ4n) is 4.77. The number of quaternary nitrogens is 1. The fraction of sp³-hybridized carbons (Fsp3) is 0.379. The van der Waals surface area contributed by atoms with Crippen LogP contribution in [-0.2, 0) is 27.0 Å². The van der Waals surface area contributed by atoms with Crippen LogP contribution in [0.2, 0.25) is 0 Å². The van der Waals surface area contributed by atoms with Gasteiger partial charge >= 0.3 is 6.18 Å². The van der Waals surface area contributed by atoms with Crippen LogP contribution in [0.4, 0.5) is 18.9 Å². The summed E-state index contributed by atoms with van der Waals surface area (Å²) < 4.78 is 39.2. The molecule has 0 aliphatic carbocycles. The first-order chi connectivity index (χ1) is 20.9.